The summed E-state index contributed by atoms with van der Waals surface area (Å²) < 4.78 is 1.82. The Morgan fingerprint density at radius 1 is 1.35 bits per heavy atom. The molecule has 0 unspecified atom stereocenters. The van der Waals surface area contributed by atoms with Crippen LogP contribution in [0, 0.1) is 6.92 Å². The first-order valence-electron chi connectivity index (χ1n) is 5.79. The molecule has 2 aliphatic carbocycles. The maximum absolute atomic E-state index is 9.50. The lowest BCUT2D eigenvalue weighted by atomic mass is 10.0. The second-order valence-electron chi connectivity index (χ2n) is 4.44. The molecule has 0 fully saturated rings. The summed E-state index contributed by atoms with van der Waals surface area (Å²) in [6.07, 6.45) is 9.31. The van der Waals surface area contributed by atoms with Crippen molar-refractivity contribution in [3.05, 3.63) is 45.6 Å². The summed E-state index contributed by atoms with van der Waals surface area (Å²) >= 11 is 0. The number of aliphatic hydroxyl groups excluding tert-OH is 2. The van der Waals surface area contributed by atoms with Crippen LogP contribution in [0.5, 0.6) is 0 Å². The molecular formula is C14H15NO2. The molecule has 3 nitrogen and oxygen atoms in total. The smallest absolute Gasteiger partial charge is 0.120 e. The minimum Gasteiger partial charge on any atom is -0.390 e. The van der Waals surface area contributed by atoms with E-state index in [0.29, 0.717) is 0 Å². The molecule has 0 saturated heterocycles. The number of hydrogen-bond donors (Lipinski definition) is 2. The van der Waals surface area contributed by atoms with E-state index in [1.54, 1.807) is 0 Å². The average Bonchev–Trinajstić information content (AvgIpc) is 2.85. The van der Waals surface area contributed by atoms with Crippen molar-refractivity contribution in [2.24, 2.45) is 0 Å². The number of allylic oxidation sites excluding steroid dienone is 4. The average molecular weight is 229 g/mol. The van der Waals surface area contributed by atoms with Gasteiger partial charge in [-0.2, -0.15) is 0 Å². The molecular weight excluding hydrogens is 214 g/mol. The molecule has 0 spiro atoms. The molecule has 2 N–H and O–H groups in total. The highest BCUT2D eigenvalue weighted by molar-refractivity contribution is 5.84. The Kier molecular flexibility index (Phi) is 2.31. The molecule has 88 valence electrons. The zero-order valence-corrected chi connectivity index (χ0v) is 9.77. The fourth-order valence-electron chi connectivity index (χ4n) is 2.78. The largest absolute Gasteiger partial charge is 0.390 e. The van der Waals surface area contributed by atoms with Gasteiger partial charge in [-0.3, -0.25) is 0 Å². The van der Waals surface area contributed by atoms with Gasteiger partial charge in [-0.05, 0) is 36.1 Å². The number of rotatable bonds is 2. The SMILES string of the molecule is Cc1c(CO)n(CO)c2c1=CC1=CC=CCC=21. The highest BCUT2D eigenvalue weighted by atomic mass is 16.3. The Morgan fingerprint density at radius 2 is 2.18 bits per heavy atom. The fraction of sp³-hybridized carbons (Fsp3) is 0.286. The molecule has 0 aliphatic heterocycles. The molecule has 0 amide bonds. The van der Waals surface area contributed by atoms with Gasteiger partial charge in [0.05, 0.1) is 12.0 Å². The predicted octanol–water partition coefficient (Wildman–Crippen LogP) is 0.0697. The molecule has 3 heteroatoms. The summed E-state index contributed by atoms with van der Waals surface area (Å²) in [4.78, 5) is 0. The van der Waals surface area contributed by atoms with Crippen LogP contribution in [0.15, 0.2) is 23.8 Å². The van der Waals surface area contributed by atoms with E-state index in [9.17, 15) is 10.2 Å². The first-order chi connectivity index (χ1) is 8.27. The van der Waals surface area contributed by atoms with Crippen LogP contribution >= 0.6 is 0 Å². The molecule has 1 heterocycles. The highest BCUT2D eigenvalue weighted by Crippen LogP contribution is 2.24. The van der Waals surface area contributed by atoms with E-state index in [2.05, 4.69) is 24.3 Å². The third kappa shape index (κ3) is 1.30. The number of nitrogens with zero attached hydrogens (tertiary/aromatic N) is 1. The highest BCUT2D eigenvalue weighted by Gasteiger charge is 2.20. The van der Waals surface area contributed by atoms with E-state index < -0.39 is 0 Å². The standard InChI is InChI=1S/C14H15NO2/c1-9-12-6-10-4-2-3-5-11(10)14(12)15(8-17)13(9)7-16/h2-4,6,16-17H,5,7-8H2,1H3. The van der Waals surface area contributed by atoms with Gasteiger partial charge in [-0.15, -0.1) is 0 Å². The van der Waals surface area contributed by atoms with E-state index in [1.807, 2.05) is 11.5 Å². The molecule has 1 aromatic rings. The fourth-order valence-corrected chi connectivity index (χ4v) is 2.78. The monoisotopic (exact) mass is 229 g/mol. The van der Waals surface area contributed by atoms with Gasteiger partial charge >= 0.3 is 0 Å². The Balaban J connectivity index is 2.43. The minimum absolute atomic E-state index is 0.0323. The minimum atomic E-state index is -0.0829. The molecule has 0 saturated carbocycles. The molecule has 17 heavy (non-hydrogen) atoms. The van der Waals surface area contributed by atoms with Crippen LogP contribution in [0.2, 0.25) is 0 Å². The zero-order valence-electron chi connectivity index (χ0n) is 9.77. The molecule has 0 aromatic carbocycles. The maximum atomic E-state index is 9.50. The van der Waals surface area contributed by atoms with Crippen molar-refractivity contribution in [3.8, 4) is 0 Å². The van der Waals surface area contributed by atoms with Crippen LogP contribution in [-0.4, -0.2) is 14.8 Å². The molecule has 3 rings (SSSR count). The van der Waals surface area contributed by atoms with Crippen LogP contribution in [0.1, 0.15) is 17.7 Å². The lowest BCUT2D eigenvalue weighted by Crippen LogP contribution is -2.29. The Labute approximate surface area is 99.3 Å². The van der Waals surface area contributed by atoms with Crippen molar-refractivity contribution in [2.45, 2.75) is 26.7 Å². The molecule has 1 aromatic heterocycles. The van der Waals surface area contributed by atoms with Gasteiger partial charge in [0.1, 0.15) is 6.73 Å². The van der Waals surface area contributed by atoms with Crippen LogP contribution in [0.3, 0.4) is 0 Å². The van der Waals surface area contributed by atoms with Crippen molar-refractivity contribution >= 4 is 11.6 Å². The van der Waals surface area contributed by atoms with Crippen LogP contribution in [-0.2, 0) is 13.3 Å². The molecule has 0 atom stereocenters. The van der Waals surface area contributed by atoms with Gasteiger partial charge in [0.15, 0.2) is 0 Å². The quantitative estimate of drug-likeness (QED) is 0.754. The normalized spacial score (nSPS) is 16.6. The predicted molar refractivity (Wildman–Crippen MR) is 66.3 cm³/mol. The van der Waals surface area contributed by atoms with Crippen molar-refractivity contribution in [2.75, 3.05) is 0 Å². The van der Waals surface area contributed by atoms with E-state index >= 15 is 0 Å². The first kappa shape index (κ1) is 10.6. The molecule has 2 aliphatic rings. The van der Waals surface area contributed by atoms with Gasteiger partial charge in [-0.1, -0.05) is 18.2 Å². The summed E-state index contributed by atoms with van der Waals surface area (Å²) in [5.41, 5.74) is 4.36. The van der Waals surface area contributed by atoms with Crippen molar-refractivity contribution < 1.29 is 10.2 Å². The summed E-state index contributed by atoms with van der Waals surface area (Å²) in [6.45, 7) is 1.88. The number of aromatic nitrogens is 1. The summed E-state index contributed by atoms with van der Waals surface area (Å²) in [7, 11) is 0. The molecule has 0 bridgehead atoms. The van der Waals surface area contributed by atoms with Crippen LogP contribution in [0.4, 0.5) is 0 Å². The lowest BCUT2D eigenvalue weighted by molar-refractivity contribution is 0.189. The van der Waals surface area contributed by atoms with E-state index in [1.165, 1.54) is 11.1 Å². The maximum Gasteiger partial charge on any atom is 0.120 e. The topological polar surface area (TPSA) is 45.4 Å². The van der Waals surface area contributed by atoms with Crippen molar-refractivity contribution in [3.63, 3.8) is 0 Å². The van der Waals surface area contributed by atoms with Gasteiger partial charge in [0, 0.05) is 10.9 Å². The summed E-state index contributed by atoms with van der Waals surface area (Å²) in [5.74, 6) is 0. The Morgan fingerprint density at radius 3 is 2.88 bits per heavy atom. The van der Waals surface area contributed by atoms with Crippen molar-refractivity contribution in [1.29, 1.82) is 0 Å². The van der Waals surface area contributed by atoms with E-state index in [0.717, 1.165) is 28.2 Å². The molecule has 0 radical (unpaired) electrons. The zero-order chi connectivity index (χ0) is 12.0. The third-order valence-corrected chi connectivity index (χ3v) is 3.65. The van der Waals surface area contributed by atoms with Gasteiger partial charge in [-0.25, -0.2) is 0 Å². The summed E-state index contributed by atoms with van der Waals surface area (Å²) in [6, 6.07) is 0. The second kappa shape index (κ2) is 3.72. The van der Waals surface area contributed by atoms with E-state index in [4.69, 9.17) is 0 Å². The lowest BCUT2D eigenvalue weighted by Gasteiger charge is -2.10. The van der Waals surface area contributed by atoms with E-state index in [-0.39, 0.29) is 13.3 Å². The first-order valence-corrected chi connectivity index (χ1v) is 5.79. The Hall–Kier alpha value is -1.58. The number of aliphatic hydroxyl groups is 2. The third-order valence-electron chi connectivity index (χ3n) is 3.65. The van der Waals surface area contributed by atoms with Crippen molar-refractivity contribution in [1.82, 2.24) is 4.57 Å². The Bertz CT molecular complexity index is 659. The second-order valence-corrected chi connectivity index (χ2v) is 4.44. The van der Waals surface area contributed by atoms with Crippen LogP contribution in [0.25, 0.3) is 11.6 Å². The van der Waals surface area contributed by atoms with Gasteiger partial charge < -0.3 is 14.8 Å². The number of hydrogen-bond acceptors (Lipinski definition) is 2. The van der Waals surface area contributed by atoms with Gasteiger partial charge in [0.2, 0.25) is 0 Å². The summed E-state index contributed by atoms with van der Waals surface area (Å²) in [5, 5.41) is 21.1. The van der Waals surface area contributed by atoms with Gasteiger partial charge in [0.25, 0.3) is 0 Å². The van der Waals surface area contributed by atoms with Crippen LogP contribution < -0.4 is 10.6 Å². The number of fused-ring (bicyclic) bond motifs is 2.